The van der Waals surface area contributed by atoms with Crippen LogP contribution in [-0.2, 0) is 9.59 Å². The second-order valence-corrected chi connectivity index (χ2v) is 6.10. The number of hydrogen-bond donors (Lipinski definition) is 3. The van der Waals surface area contributed by atoms with Gasteiger partial charge in [0.2, 0.25) is 5.91 Å². The lowest BCUT2D eigenvalue weighted by atomic mass is 9.81. The maximum absolute atomic E-state index is 12.6. The quantitative estimate of drug-likeness (QED) is 0.696. The maximum Gasteiger partial charge on any atom is 0.312 e. The molecule has 1 saturated heterocycles. The molecule has 1 aliphatic heterocycles. The number of carboxylic acids is 1. The van der Waals surface area contributed by atoms with Gasteiger partial charge in [0.1, 0.15) is 6.04 Å². The SMILES string of the molecule is CCC(C)C(NC(N)=O)C(=O)N1CCCC(C)(C(=O)O)C1. The average Bonchev–Trinajstić information content (AvgIpc) is 2.43. The van der Waals surface area contributed by atoms with E-state index >= 15 is 0 Å². The molecule has 0 aromatic heterocycles. The third kappa shape index (κ3) is 4.09. The minimum absolute atomic E-state index is 0.0667. The standard InChI is InChI=1S/C14H25N3O4/c1-4-9(2)10(16-13(15)21)11(18)17-7-5-6-14(3,8-17)12(19)20/h9-10H,4-8H2,1-3H3,(H,19,20)(H3,15,16,21). The highest BCUT2D eigenvalue weighted by Gasteiger charge is 2.41. The largest absolute Gasteiger partial charge is 0.481 e. The number of likely N-dealkylation sites (tertiary alicyclic amines) is 1. The van der Waals surface area contributed by atoms with Gasteiger partial charge >= 0.3 is 12.0 Å². The fourth-order valence-corrected chi connectivity index (χ4v) is 2.64. The van der Waals surface area contributed by atoms with Gasteiger partial charge in [0, 0.05) is 13.1 Å². The number of rotatable bonds is 5. The van der Waals surface area contributed by atoms with Crippen molar-refractivity contribution in [2.75, 3.05) is 13.1 Å². The van der Waals surface area contributed by atoms with Crippen LogP contribution in [-0.4, -0.2) is 47.0 Å². The van der Waals surface area contributed by atoms with Crippen LogP contribution in [0.3, 0.4) is 0 Å². The molecule has 7 nitrogen and oxygen atoms in total. The fourth-order valence-electron chi connectivity index (χ4n) is 2.64. The van der Waals surface area contributed by atoms with Crippen molar-refractivity contribution in [2.24, 2.45) is 17.1 Å². The Bertz CT molecular complexity index is 426. The van der Waals surface area contributed by atoms with E-state index in [1.807, 2.05) is 13.8 Å². The van der Waals surface area contributed by atoms with Gasteiger partial charge < -0.3 is 21.1 Å². The molecule has 0 aliphatic carbocycles. The Morgan fingerprint density at radius 3 is 2.52 bits per heavy atom. The van der Waals surface area contributed by atoms with Crippen LogP contribution in [0.15, 0.2) is 0 Å². The molecule has 0 radical (unpaired) electrons. The van der Waals surface area contributed by atoms with E-state index in [1.165, 1.54) is 4.90 Å². The predicted octanol–water partition coefficient (Wildman–Crippen LogP) is 0.783. The summed E-state index contributed by atoms with van der Waals surface area (Å²) in [5, 5.41) is 11.8. The molecule has 1 rings (SSSR count). The molecular formula is C14H25N3O4. The van der Waals surface area contributed by atoms with Gasteiger partial charge in [-0.15, -0.1) is 0 Å². The van der Waals surface area contributed by atoms with E-state index in [0.717, 1.165) is 0 Å². The highest BCUT2D eigenvalue weighted by Crippen LogP contribution is 2.30. The molecule has 7 heteroatoms. The summed E-state index contributed by atoms with van der Waals surface area (Å²) in [5.41, 5.74) is 4.21. The molecule has 3 unspecified atom stereocenters. The van der Waals surface area contributed by atoms with E-state index in [0.29, 0.717) is 25.8 Å². The van der Waals surface area contributed by atoms with Crippen LogP contribution < -0.4 is 11.1 Å². The summed E-state index contributed by atoms with van der Waals surface area (Å²) >= 11 is 0. The minimum Gasteiger partial charge on any atom is -0.481 e. The van der Waals surface area contributed by atoms with E-state index in [2.05, 4.69) is 5.32 Å². The monoisotopic (exact) mass is 299 g/mol. The molecule has 120 valence electrons. The molecule has 0 saturated carbocycles. The highest BCUT2D eigenvalue weighted by atomic mass is 16.4. The zero-order valence-corrected chi connectivity index (χ0v) is 12.9. The smallest absolute Gasteiger partial charge is 0.312 e. The Morgan fingerprint density at radius 2 is 2.05 bits per heavy atom. The van der Waals surface area contributed by atoms with Gasteiger partial charge in [-0.05, 0) is 25.7 Å². The van der Waals surface area contributed by atoms with Crippen LogP contribution in [0, 0.1) is 11.3 Å². The number of hydrogen-bond acceptors (Lipinski definition) is 3. The van der Waals surface area contributed by atoms with Crippen molar-refractivity contribution >= 4 is 17.9 Å². The van der Waals surface area contributed by atoms with Crippen molar-refractivity contribution in [1.29, 1.82) is 0 Å². The van der Waals surface area contributed by atoms with E-state index in [1.54, 1.807) is 6.92 Å². The fraction of sp³-hybridized carbons (Fsp3) is 0.786. The molecule has 0 aromatic carbocycles. The zero-order chi connectivity index (χ0) is 16.2. The Labute approximate surface area is 124 Å². The number of urea groups is 1. The van der Waals surface area contributed by atoms with E-state index in [-0.39, 0.29) is 18.4 Å². The Kier molecular flexibility index (Phi) is 5.57. The van der Waals surface area contributed by atoms with Crippen LogP contribution in [0.5, 0.6) is 0 Å². The topological polar surface area (TPSA) is 113 Å². The molecule has 3 amide bonds. The number of nitrogens with two attached hydrogens (primary N) is 1. The highest BCUT2D eigenvalue weighted by molar-refractivity contribution is 5.87. The van der Waals surface area contributed by atoms with Crippen molar-refractivity contribution in [1.82, 2.24) is 10.2 Å². The third-order valence-corrected chi connectivity index (χ3v) is 4.30. The second-order valence-electron chi connectivity index (χ2n) is 6.10. The average molecular weight is 299 g/mol. The maximum atomic E-state index is 12.6. The lowest BCUT2D eigenvalue weighted by Gasteiger charge is -2.39. The van der Waals surface area contributed by atoms with Crippen molar-refractivity contribution in [3.63, 3.8) is 0 Å². The molecule has 1 fully saturated rings. The van der Waals surface area contributed by atoms with Gasteiger partial charge in [-0.2, -0.15) is 0 Å². The van der Waals surface area contributed by atoms with Gasteiger partial charge in [0.25, 0.3) is 0 Å². The Balaban J connectivity index is 2.88. The van der Waals surface area contributed by atoms with E-state index in [4.69, 9.17) is 5.73 Å². The Morgan fingerprint density at radius 1 is 1.43 bits per heavy atom. The number of carbonyl (C=O) groups excluding carboxylic acids is 2. The van der Waals surface area contributed by atoms with Gasteiger partial charge in [-0.1, -0.05) is 20.3 Å². The summed E-state index contributed by atoms with van der Waals surface area (Å²) in [7, 11) is 0. The van der Waals surface area contributed by atoms with Crippen molar-refractivity contribution < 1.29 is 19.5 Å². The summed E-state index contributed by atoms with van der Waals surface area (Å²) in [4.78, 5) is 36.6. The van der Waals surface area contributed by atoms with Crippen molar-refractivity contribution in [2.45, 2.75) is 46.1 Å². The number of carboxylic acid groups (broad SMARTS) is 1. The van der Waals surface area contributed by atoms with Gasteiger partial charge in [0.15, 0.2) is 0 Å². The van der Waals surface area contributed by atoms with E-state index in [9.17, 15) is 19.5 Å². The first kappa shape index (κ1) is 17.3. The number of nitrogens with one attached hydrogen (secondary N) is 1. The van der Waals surface area contributed by atoms with Crippen LogP contribution in [0.4, 0.5) is 4.79 Å². The zero-order valence-electron chi connectivity index (χ0n) is 12.9. The first-order valence-electron chi connectivity index (χ1n) is 7.29. The second kappa shape index (κ2) is 6.78. The molecule has 1 aliphatic rings. The first-order chi connectivity index (χ1) is 9.71. The normalized spacial score (nSPS) is 25.0. The Hall–Kier alpha value is -1.79. The summed E-state index contributed by atoms with van der Waals surface area (Å²) in [6, 6.07) is -1.45. The van der Waals surface area contributed by atoms with Crippen molar-refractivity contribution in [3.05, 3.63) is 0 Å². The van der Waals surface area contributed by atoms with Gasteiger partial charge in [-0.3, -0.25) is 9.59 Å². The molecule has 0 bridgehead atoms. The number of aliphatic carboxylic acids is 1. The van der Waals surface area contributed by atoms with Crippen LogP contribution in [0.25, 0.3) is 0 Å². The number of piperidine rings is 1. The molecule has 1 heterocycles. The third-order valence-electron chi connectivity index (χ3n) is 4.30. The lowest BCUT2D eigenvalue weighted by molar-refractivity contribution is -0.154. The van der Waals surface area contributed by atoms with Crippen molar-refractivity contribution in [3.8, 4) is 0 Å². The number of carbonyl (C=O) groups is 3. The predicted molar refractivity (Wildman–Crippen MR) is 77.5 cm³/mol. The number of primary amides is 1. The molecule has 21 heavy (non-hydrogen) atoms. The molecule has 4 N–H and O–H groups in total. The molecule has 0 aromatic rings. The van der Waals surface area contributed by atoms with Crippen LogP contribution in [0.2, 0.25) is 0 Å². The summed E-state index contributed by atoms with van der Waals surface area (Å²) in [6.45, 7) is 6.10. The summed E-state index contributed by atoms with van der Waals surface area (Å²) in [5.74, 6) is -1.22. The van der Waals surface area contributed by atoms with Gasteiger partial charge in [0.05, 0.1) is 5.41 Å². The van der Waals surface area contributed by atoms with Crippen LogP contribution >= 0.6 is 0 Å². The molecule has 3 atom stereocenters. The van der Waals surface area contributed by atoms with Gasteiger partial charge in [-0.25, -0.2) is 4.79 Å². The first-order valence-corrected chi connectivity index (χ1v) is 7.29. The molecule has 0 spiro atoms. The summed E-state index contributed by atoms with van der Waals surface area (Å²) < 4.78 is 0. The van der Waals surface area contributed by atoms with E-state index < -0.39 is 23.5 Å². The lowest BCUT2D eigenvalue weighted by Crippen LogP contribution is -2.57. The number of amides is 3. The van der Waals surface area contributed by atoms with Crippen LogP contribution in [0.1, 0.15) is 40.0 Å². The summed E-state index contributed by atoms with van der Waals surface area (Å²) in [6.07, 6.45) is 1.89. The molecular weight excluding hydrogens is 274 g/mol. The number of nitrogens with zero attached hydrogens (tertiary/aromatic N) is 1. The minimum atomic E-state index is -0.930.